The van der Waals surface area contributed by atoms with Crippen molar-refractivity contribution in [2.75, 3.05) is 0 Å². The van der Waals surface area contributed by atoms with Gasteiger partial charge in [0.05, 0.1) is 0 Å². The van der Waals surface area contributed by atoms with Crippen molar-refractivity contribution < 1.29 is 0 Å². The molecule has 0 saturated carbocycles. The highest BCUT2D eigenvalue weighted by atomic mass is 32.1. The smallest absolute Gasteiger partial charge is 0.00678 e. The second-order valence-electron chi connectivity index (χ2n) is 7.70. The fourth-order valence-corrected chi connectivity index (χ4v) is 1.97. The Morgan fingerprint density at radius 3 is 1.11 bits per heavy atom. The van der Waals surface area contributed by atoms with Crippen molar-refractivity contribution in [1.82, 2.24) is 0 Å². The van der Waals surface area contributed by atoms with Gasteiger partial charge in [0.1, 0.15) is 0 Å². The average molecular weight is 287 g/mol. The molecule has 2 heteroatoms. The van der Waals surface area contributed by atoms with E-state index in [0.717, 1.165) is 25.7 Å². The molecule has 0 heterocycles. The summed E-state index contributed by atoms with van der Waals surface area (Å²) in [7, 11) is 0. The summed E-state index contributed by atoms with van der Waals surface area (Å²) < 4.78 is 0. The molecule has 0 aliphatic rings. The molecule has 0 N–H and O–H groups in total. The molecule has 0 saturated heterocycles. The third-order valence-corrected chi connectivity index (χ3v) is 3.81. The second-order valence-corrected chi connectivity index (χ2v) is 8.85. The van der Waals surface area contributed by atoms with Crippen LogP contribution in [0, 0.1) is 10.8 Å². The van der Waals surface area contributed by atoms with Crippen LogP contribution in [0.15, 0.2) is 0 Å². The van der Waals surface area contributed by atoms with Crippen LogP contribution < -0.4 is 0 Å². The summed E-state index contributed by atoms with van der Waals surface area (Å²) in [5, 5.41) is 0. The molecule has 0 nitrogen and oxygen atoms in total. The molecule has 0 amide bonds. The SMILES string of the molecule is CC(C)(C)CCC(=S)CCC(=S)CCC(C)(C)C. The molecular formula is C16H30S2. The first-order valence-corrected chi connectivity index (χ1v) is 7.85. The number of rotatable bonds is 7. The highest BCUT2D eigenvalue weighted by Gasteiger charge is 2.13. The molecule has 0 aromatic rings. The van der Waals surface area contributed by atoms with Gasteiger partial charge < -0.3 is 0 Å². The predicted molar refractivity (Wildman–Crippen MR) is 91.8 cm³/mol. The van der Waals surface area contributed by atoms with Gasteiger partial charge in [0.2, 0.25) is 0 Å². The van der Waals surface area contributed by atoms with Gasteiger partial charge in [0, 0.05) is 0 Å². The number of thiocarbonyl (C=S) groups is 2. The Kier molecular flexibility index (Phi) is 7.77. The van der Waals surface area contributed by atoms with Gasteiger partial charge in [-0.1, -0.05) is 66.0 Å². The minimum Gasteiger partial charge on any atom is -0.0897 e. The Balaban J connectivity index is 3.76. The van der Waals surface area contributed by atoms with Crippen molar-refractivity contribution in [2.24, 2.45) is 10.8 Å². The van der Waals surface area contributed by atoms with Crippen LogP contribution >= 0.6 is 24.4 Å². The van der Waals surface area contributed by atoms with Crippen LogP contribution in [-0.4, -0.2) is 9.73 Å². The van der Waals surface area contributed by atoms with Crippen LogP contribution in [-0.2, 0) is 0 Å². The summed E-state index contributed by atoms with van der Waals surface area (Å²) in [4.78, 5) is 2.39. The van der Waals surface area contributed by atoms with Crippen molar-refractivity contribution in [2.45, 2.75) is 80.1 Å². The lowest BCUT2D eigenvalue weighted by molar-refractivity contribution is 0.385. The van der Waals surface area contributed by atoms with E-state index < -0.39 is 0 Å². The minimum atomic E-state index is 0.386. The summed E-state index contributed by atoms with van der Waals surface area (Å²) in [5.74, 6) is 0. The van der Waals surface area contributed by atoms with Crippen molar-refractivity contribution in [3.63, 3.8) is 0 Å². The maximum absolute atomic E-state index is 5.44. The van der Waals surface area contributed by atoms with Gasteiger partial charge in [-0.2, -0.15) is 0 Å². The van der Waals surface area contributed by atoms with Crippen LogP contribution in [0.3, 0.4) is 0 Å². The van der Waals surface area contributed by atoms with Crippen molar-refractivity contribution in [3.05, 3.63) is 0 Å². The maximum Gasteiger partial charge on any atom is -0.00678 e. The zero-order valence-electron chi connectivity index (χ0n) is 13.1. The van der Waals surface area contributed by atoms with E-state index in [-0.39, 0.29) is 0 Å². The Bertz CT molecular complexity index is 246. The fourth-order valence-electron chi connectivity index (χ4n) is 1.56. The van der Waals surface area contributed by atoms with E-state index in [4.69, 9.17) is 24.4 Å². The van der Waals surface area contributed by atoms with Crippen LogP contribution in [0.2, 0.25) is 0 Å². The third-order valence-electron chi connectivity index (χ3n) is 2.99. The van der Waals surface area contributed by atoms with E-state index >= 15 is 0 Å². The van der Waals surface area contributed by atoms with Gasteiger partial charge in [0.15, 0.2) is 0 Å². The molecule has 0 fully saturated rings. The third kappa shape index (κ3) is 12.6. The van der Waals surface area contributed by atoms with Gasteiger partial charge in [-0.3, -0.25) is 0 Å². The summed E-state index contributed by atoms with van der Waals surface area (Å²) >= 11 is 10.9. The first-order chi connectivity index (χ1) is 7.99. The molecule has 106 valence electrons. The van der Waals surface area contributed by atoms with Crippen molar-refractivity contribution >= 4 is 34.2 Å². The fraction of sp³-hybridized carbons (Fsp3) is 0.875. The lowest BCUT2D eigenvalue weighted by atomic mass is 9.88. The average Bonchev–Trinajstić information content (AvgIpc) is 2.18. The number of hydrogen-bond donors (Lipinski definition) is 0. The van der Waals surface area contributed by atoms with E-state index in [2.05, 4.69) is 41.5 Å². The van der Waals surface area contributed by atoms with Crippen LogP contribution in [0.1, 0.15) is 80.1 Å². The summed E-state index contributed by atoms with van der Waals surface area (Å²) in [6, 6.07) is 0. The van der Waals surface area contributed by atoms with E-state index in [1.165, 1.54) is 22.6 Å². The van der Waals surface area contributed by atoms with E-state index in [9.17, 15) is 0 Å². The van der Waals surface area contributed by atoms with Gasteiger partial charge >= 0.3 is 0 Å². The minimum absolute atomic E-state index is 0.386. The van der Waals surface area contributed by atoms with E-state index in [0.29, 0.717) is 10.8 Å². The van der Waals surface area contributed by atoms with Gasteiger partial charge in [-0.25, -0.2) is 0 Å². The zero-order chi connectivity index (χ0) is 14.4. The molecule has 0 aliphatic heterocycles. The van der Waals surface area contributed by atoms with Crippen molar-refractivity contribution in [3.8, 4) is 0 Å². The summed E-state index contributed by atoms with van der Waals surface area (Å²) in [6.07, 6.45) is 6.52. The molecule has 0 radical (unpaired) electrons. The van der Waals surface area contributed by atoms with Gasteiger partial charge in [-0.05, 0) is 59.1 Å². The van der Waals surface area contributed by atoms with E-state index in [1.807, 2.05) is 0 Å². The standard InChI is InChI=1S/C16H30S2/c1-15(2,3)11-9-13(17)7-8-14(18)10-12-16(4,5)6/h7-12H2,1-6H3. The van der Waals surface area contributed by atoms with Gasteiger partial charge in [-0.15, -0.1) is 0 Å². The van der Waals surface area contributed by atoms with Crippen LogP contribution in [0.5, 0.6) is 0 Å². The molecule has 0 bridgehead atoms. The van der Waals surface area contributed by atoms with Crippen LogP contribution in [0.4, 0.5) is 0 Å². The lowest BCUT2D eigenvalue weighted by Crippen LogP contribution is -2.10. The lowest BCUT2D eigenvalue weighted by Gasteiger charge is -2.19. The first-order valence-electron chi connectivity index (χ1n) is 7.03. The molecule has 0 aromatic heterocycles. The maximum atomic E-state index is 5.44. The highest BCUT2D eigenvalue weighted by molar-refractivity contribution is 7.80. The molecule has 0 unspecified atom stereocenters. The Hall–Kier alpha value is 0.180. The number of hydrogen-bond acceptors (Lipinski definition) is 2. The normalized spacial score (nSPS) is 12.6. The summed E-state index contributed by atoms with van der Waals surface area (Å²) in [5.41, 5.74) is 0.771. The largest absolute Gasteiger partial charge is 0.0897 e. The topological polar surface area (TPSA) is 0 Å². The monoisotopic (exact) mass is 286 g/mol. The van der Waals surface area contributed by atoms with E-state index in [1.54, 1.807) is 0 Å². The first kappa shape index (κ1) is 18.2. The molecule has 0 aromatic carbocycles. The molecule has 0 spiro atoms. The molecular weight excluding hydrogens is 256 g/mol. The Morgan fingerprint density at radius 1 is 0.611 bits per heavy atom. The molecule has 18 heavy (non-hydrogen) atoms. The van der Waals surface area contributed by atoms with Crippen LogP contribution in [0.25, 0.3) is 0 Å². The van der Waals surface area contributed by atoms with Crippen molar-refractivity contribution in [1.29, 1.82) is 0 Å². The Morgan fingerprint density at radius 2 is 0.889 bits per heavy atom. The predicted octanol–water partition coefficient (Wildman–Crippen LogP) is 6.16. The molecule has 0 aliphatic carbocycles. The highest BCUT2D eigenvalue weighted by Crippen LogP contribution is 2.23. The molecule has 0 atom stereocenters. The van der Waals surface area contributed by atoms with Gasteiger partial charge in [0.25, 0.3) is 0 Å². The second kappa shape index (κ2) is 7.69. The molecule has 0 rings (SSSR count). The Labute approximate surface area is 125 Å². The quantitative estimate of drug-likeness (QED) is 0.514. The zero-order valence-corrected chi connectivity index (χ0v) is 14.7. The summed E-state index contributed by atoms with van der Waals surface area (Å²) in [6.45, 7) is 13.6.